The molecule has 1 heterocycles. The van der Waals surface area contributed by atoms with Gasteiger partial charge in [-0.05, 0) is 37.6 Å². The smallest absolute Gasteiger partial charge is 0.0224 e. The molecule has 1 aliphatic rings. The molecular formula is C13H28N2. The van der Waals surface area contributed by atoms with Crippen LogP contribution in [0.4, 0.5) is 0 Å². The molecule has 3 unspecified atom stereocenters. The monoisotopic (exact) mass is 212 g/mol. The molecular weight excluding hydrogens is 184 g/mol. The third kappa shape index (κ3) is 3.18. The van der Waals surface area contributed by atoms with Crippen LogP contribution in [-0.4, -0.2) is 30.1 Å². The Balaban J connectivity index is 2.64. The molecule has 3 atom stereocenters. The summed E-state index contributed by atoms with van der Waals surface area (Å²) in [6, 6.07) is 1.35. The van der Waals surface area contributed by atoms with Gasteiger partial charge in [0.05, 0.1) is 0 Å². The van der Waals surface area contributed by atoms with E-state index in [0.29, 0.717) is 6.04 Å². The van der Waals surface area contributed by atoms with Crippen molar-refractivity contribution < 1.29 is 0 Å². The highest BCUT2D eigenvalue weighted by molar-refractivity contribution is 4.86. The van der Waals surface area contributed by atoms with E-state index < -0.39 is 0 Å². The molecule has 2 nitrogen and oxygen atoms in total. The maximum Gasteiger partial charge on any atom is 0.0224 e. The van der Waals surface area contributed by atoms with Crippen LogP contribution in [0, 0.1) is 11.8 Å². The van der Waals surface area contributed by atoms with E-state index in [2.05, 4.69) is 32.6 Å². The Hall–Kier alpha value is -0.0800. The number of nitrogens with two attached hydrogens (primary N) is 1. The Morgan fingerprint density at radius 2 is 2.07 bits per heavy atom. The maximum absolute atomic E-state index is 5.91. The molecule has 1 saturated heterocycles. The summed E-state index contributed by atoms with van der Waals surface area (Å²) < 4.78 is 0. The SMILES string of the molecule is CCC(C(C)C)N1CCC(C)CC1CN. The number of hydrogen-bond donors (Lipinski definition) is 1. The quantitative estimate of drug-likeness (QED) is 0.776. The molecule has 0 radical (unpaired) electrons. The molecule has 1 fully saturated rings. The van der Waals surface area contributed by atoms with E-state index in [1.807, 2.05) is 0 Å². The van der Waals surface area contributed by atoms with E-state index in [4.69, 9.17) is 5.73 Å². The minimum atomic E-state index is 0.626. The van der Waals surface area contributed by atoms with Crippen LogP contribution >= 0.6 is 0 Å². The van der Waals surface area contributed by atoms with Gasteiger partial charge in [-0.1, -0.05) is 27.7 Å². The third-order valence-corrected chi connectivity index (χ3v) is 3.91. The fourth-order valence-electron chi connectivity index (χ4n) is 3.03. The summed E-state index contributed by atoms with van der Waals surface area (Å²) >= 11 is 0. The van der Waals surface area contributed by atoms with Gasteiger partial charge in [-0.15, -0.1) is 0 Å². The molecule has 15 heavy (non-hydrogen) atoms. The van der Waals surface area contributed by atoms with E-state index in [-0.39, 0.29) is 0 Å². The van der Waals surface area contributed by atoms with Gasteiger partial charge in [-0.2, -0.15) is 0 Å². The number of likely N-dealkylation sites (tertiary alicyclic amines) is 1. The first-order valence-electron chi connectivity index (χ1n) is 6.55. The lowest BCUT2D eigenvalue weighted by Crippen LogP contribution is -2.52. The Morgan fingerprint density at radius 3 is 2.53 bits per heavy atom. The van der Waals surface area contributed by atoms with E-state index in [1.165, 1.54) is 25.8 Å². The fraction of sp³-hybridized carbons (Fsp3) is 1.00. The maximum atomic E-state index is 5.91. The van der Waals surface area contributed by atoms with Crippen molar-refractivity contribution in [2.45, 2.75) is 59.0 Å². The summed E-state index contributed by atoms with van der Waals surface area (Å²) in [5.74, 6) is 1.61. The highest BCUT2D eigenvalue weighted by Crippen LogP contribution is 2.27. The second-order valence-electron chi connectivity index (χ2n) is 5.48. The normalized spacial score (nSPS) is 30.8. The lowest BCUT2D eigenvalue weighted by molar-refractivity contribution is 0.0521. The van der Waals surface area contributed by atoms with E-state index >= 15 is 0 Å². The van der Waals surface area contributed by atoms with Gasteiger partial charge >= 0.3 is 0 Å². The van der Waals surface area contributed by atoms with Gasteiger partial charge in [0.2, 0.25) is 0 Å². The van der Waals surface area contributed by atoms with Crippen LogP contribution in [-0.2, 0) is 0 Å². The van der Waals surface area contributed by atoms with Crippen molar-refractivity contribution in [1.29, 1.82) is 0 Å². The minimum Gasteiger partial charge on any atom is -0.329 e. The van der Waals surface area contributed by atoms with Crippen LogP contribution in [0.5, 0.6) is 0 Å². The summed E-state index contributed by atoms with van der Waals surface area (Å²) in [4.78, 5) is 2.67. The molecule has 0 aromatic carbocycles. The second-order valence-corrected chi connectivity index (χ2v) is 5.48. The Kier molecular flexibility index (Phi) is 5.07. The number of rotatable bonds is 4. The molecule has 1 aliphatic heterocycles. The molecule has 2 heteroatoms. The van der Waals surface area contributed by atoms with Crippen molar-refractivity contribution in [2.75, 3.05) is 13.1 Å². The van der Waals surface area contributed by atoms with Crippen molar-refractivity contribution >= 4 is 0 Å². The minimum absolute atomic E-state index is 0.626. The van der Waals surface area contributed by atoms with Gasteiger partial charge in [0.15, 0.2) is 0 Å². The average Bonchev–Trinajstić information content (AvgIpc) is 2.20. The Labute approximate surface area is 95.2 Å². The summed E-state index contributed by atoms with van der Waals surface area (Å²) in [5.41, 5.74) is 5.91. The predicted octanol–water partition coefficient (Wildman–Crippen LogP) is 2.48. The predicted molar refractivity (Wildman–Crippen MR) is 66.9 cm³/mol. The van der Waals surface area contributed by atoms with Crippen LogP contribution < -0.4 is 5.73 Å². The molecule has 0 aliphatic carbocycles. The van der Waals surface area contributed by atoms with Crippen molar-refractivity contribution in [3.05, 3.63) is 0 Å². The molecule has 0 aromatic heterocycles. The zero-order valence-corrected chi connectivity index (χ0v) is 10.9. The number of hydrogen-bond acceptors (Lipinski definition) is 2. The van der Waals surface area contributed by atoms with Gasteiger partial charge in [-0.3, -0.25) is 4.90 Å². The highest BCUT2D eigenvalue weighted by atomic mass is 15.2. The van der Waals surface area contributed by atoms with Gasteiger partial charge in [0, 0.05) is 18.6 Å². The van der Waals surface area contributed by atoms with Crippen molar-refractivity contribution in [3.63, 3.8) is 0 Å². The van der Waals surface area contributed by atoms with Crippen LogP contribution in [0.3, 0.4) is 0 Å². The standard InChI is InChI=1S/C13H28N2/c1-5-13(10(2)3)15-7-6-11(4)8-12(15)9-14/h10-13H,5-9,14H2,1-4H3. The van der Waals surface area contributed by atoms with E-state index in [0.717, 1.165) is 24.4 Å². The topological polar surface area (TPSA) is 29.3 Å². The van der Waals surface area contributed by atoms with Crippen molar-refractivity contribution in [2.24, 2.45) is 17.6 Å². The van der Waals surface area contributed by atoms with Crippen molar-refractivity contribution in [3.8, 4) is 0 Å². The first-order valence-corrected chi connectivity index (χ1v) is 6.55. The van der Waals surface area contributed by atoms with E-state index in [9.17, 15) is 0 Å². The summed E-state index contributed by atoms with van der Waals surface area (Å²) in [5, 5.41) is 0. The zero-order chi connectivity index (χ0) is 11.4. The second kappa shape index (κ2) is 5.86. The van der Waals surface area contributed by atoms with Crippen LogP contribution in [0.2, 0.25) is 0 Å². The largest absolute Gasteiger partial charge is 0.329 e. The van der Waals surface area contributed by atoms with Crippen LogP contribution in [0.15, 0.2) is 0 Å². The molecule has 0 saturated carbocycles. The highest BCUT2D eigenvalue weighted by Gasteiger charge is 2.30. The molecule has 0 spiro atoms. The van der Waals surface area contributed by atoms with Crippen LogP contribution in [0.25, 0.3) is 0 Å². The lowest BCUT2D eigenvalue weighted by Gasteiger charge is -2.44. The molecule has 2 N–H and O–H groups in total. The average molecular weight is 212 g/mol. The van der Waals surface area contributed by atoms with E-state index in [1.54, 1.807) is 0 Å². The number of nitrogens with zero attached hydrogens (tertiary/aromatic N) is 1. The molecule has 0 amide bonds. The summed E-state index contributed by atoms with van der Waals surface area (Å²) in [6.45, 7) is 11.4. The van der Waals surface area contributed by atoms with Gasteiger partial charge in [0.1, 0.15) is 0 Å². The van der Waals surface area contributed by atoms with Crippen LogP contribution in [0.1, 0.15) is 47.0 Å². The molecule has 0 aromatic rings. The Morgan fingerprint density at radius 1 is 1.40 bits per heavy atom. The molecule has 0 bridgehead atoms. The molecule has 1 rings (SSSR count). The third-order valence-electron chi connectivity index (χ3n) is 3.91. The number of piperidine rings is 1. The summed E-state index contributed by atoms with van der Waals surface area (Å²) in [6.07, 6.45) is 3.89. The molecule has 90 valence electrons. The van der Waals surface area contributed by atoms with Crippen molar-refractivity contribution in [1.82, 2.24) is 4.90 Å². The lowest BCUT2D eigenvalue weighted by atomic mass is 9.88. The van der Waals surface area contributed by atoms with Gasteiger partial charge in [0.25, 0.3) is 0 Å². The first kappa shape index (κ1) is 13.0. The summed E-state index contributed by atoms with van der Waals surface area (Å²) in [7, 11) is 0. The van der Waals surface area contributed by atoms with Gasteiger partial charge in [-0.25, -0.2) is 0 Å². The Bertz CT molecular complexity index is 179. The van der Waals surface area contributed by atoms with Gasteiger partial charge < -0.3 is 5.73 Å². The fourth-order valence-corrected chi connectivity index (χ4v) is 3.03. The zero-order valence-electron chi connectivity index (χ0n) is 10.9. The first-order chi connectivity index (χ1) is 7.10.